The van der Waals surface area contributed by atoms with Crippen molar-refractivity contribution >= 4 is 65.3 Å². The zero-order chi connectivity index (χ0) is 32.5. The van der Waals surface area contributed by atoms with Gasteiger partial charge in [-0.1, -0.05) is 84.9 Å². The number of aryl methyl sites for hydroxylation is 4. The molecule has 4 nitrogen and oxygen atoms in total. The van der Waals surface area contributed by atoms with Crippen molar-refractivity contribution in [2.75, 3.05) is 0 Å². The van der Waals surface area contributed by atoms with Gasteiger partial charge in [-0.3, -0.25) is 4.57 Å². The predicted octanol–water partition coefficient (Wildman–Crippen LogP) is 10.8. The highest BCUT2D eigenvalue weighted by atomic mass is 15.2. The van der Waals surface area contributed by atoms with E-state index in [1.54, 1.807) is 0 Å². The van der Waals surface area contributed by atoms with E-state index in [0.29, 0.717) is 5.95 Å². The Morgan fingerprint density at radius 1 is 0.420 bits per heavy atom. The number of aromatic nitrogens is 4. The van der Waals surface area contributed by atoms with Crippen molar-refractivity contribution in [3.63, 3.8) is 0 Å². The average Bonchev–Trinajstić information content (AvgIpc) is 3.63. The van der Waals surface area contributed by atoms with Gasteiger partial charge >= 0.3 is 0 Å². The first-order chi connectivity index (χ1) is 24.8. The van der Waals surface area contributed by atoms with Crippen LogP contribution in [0.5, 0.6) is 0 Å². The summed E-state index contributed by atoms with van der Waals surface area (Å²) in [5.41, 5.74) is 14.8. The van der Waals surface area contributed by atoms with Gasteiger partial charge in [0.15, 0.2) is 0 Å². The van der Waals surface area contributed by atoms with Gasteiger partial charge in [-0.15, -0.1) is 0 Å². The Bertz CT molecular complexity index is 3080. The Morgan fingerprint density at radius 2 is 1.04 bits per heavy atom. The molecule has 3 aromatic heterocycles. The molecule has 0 N–H and O–H groups in total. The first-order valence-corrected chi connectivity index (χ1v) is 17.7. The number of para-hydroxylation sites is 2. The van der Waals surface area contributed by atoms with Crippen LogP contribution in [0.1, 0.15) is 22.3 Å². The van der Waals surface area contributed by atoms with Crippen LogP contribution < -0.4 is 0 Å². The molecule has 7 aromatic carbocycles. The van der Waals surface area contributed by atoms with Crippen molar-refractivity contribution in [2.45, 2.75) is 25.7 Å². The van der Waals surface area contributed by atoms with Crippen LogP contribution in [0.2, 0.25) is 0 Å². The monoisotopic (exact) mass is 638 g/mol. The molecule has 234 valence electrons. The lowest BCUT2D eigenvalue weighted by molar-refractivity contribution is 0.843. The van der Waals surface area contributed by atoms with E-state index >= 15 is 0 Å². The highest BCUT2D eigenvalue weighted by Gasteiger charge is 2.25. The van der Waals surface area contributed by atoms with Gasteiger partial charge in [0.25, 0.3) is 0 Å². The molecule has 0 saturated carbocycles. The maximum Gasteiger partial charge on any atom is 0.235 e. The molecule has 0 spiro atoms. The molecule has 3 heterocycles. The van der Waals surface area contributed by atoms with Gasteiger partial charge in [-0.05, 0) is 102 Å². The predicted molar refractivity (Wildman–Crippen MR) is 206 cm³/mol. The van der Waals surface area contributed by atoms with E-state index in [9.17, 15) is 0 Å². The van der Waals surface area contributed by atoms with Gasteiger partial charge in [0.2, 0.25) is 5.95 Å². The van der Waals surface area contributed by atoms with Crippen LogP contribution in [-0.4, -0.2) is 19.1 Å². The smallest absolute Gasteiger partial charge is 0.235 e. The van der Waals surface area contributed by atoms with Gasteiger partial charge in [0.1, 0.15) is 0 Å². The second kappa shape index (κ2) is 9.67. The Kier molecular flexibility index (Phi) is 5.16. The van der Waals surface area contributed by atoms with Crippen LogP contribution in [0.3, 0.4) is 0 Å². The first-order valence-electron chi connectivity index (χ1n) is 17.7. The molecule has 0 unspecified atom stereocenters. The molecule has 4 heteroatoms. The van der Waals surface area contributed by atoms with E-state index in [1.807, 2.05) is 0 Å². The minimum absolute atomic E-state index is 0.696. The summed E-state index contributed by atoms with van der Waals surface area (Å²) in [6.45, 7) is 0. The van der Waals surface area contributed by atoms with Crippen LogP contribution in [0.15, 0.2) is 133 Å². The topological polar surface area (TPSA) is 35.6 Å². The fourth-order valence-corrected chi connectivity index (χ4v) is 8.77. The molecule has 0 bridgehead atoms. The Labute approximate surface area is 287 Å². The van der Waals surface area contributed by atoms with Crippen LogP contribution >= 0.6 is 0 Å². The molecule has 0 amide bonds. The van der Waals surface area contributed by atoms with Gasteiger partial charge in [-0.25, -0.2) is 9.97 Å². The number of rotatable bonds is 3. The summed E-state index contributed by atoms with van der Waals surface area (Å²) in [6, 6.07) is 49.0. The van der Waals surface area contributed by atoms with Crippen LogP contribution in [0.25, 0.3) is 88.2 Å². The lowest BCUT2D eigenvalue weighted by Gasteiger charge is -2.20. The number of fused-ring (bicyclic) bond motifs is 11. The molecule has 0 fully saturated rings. The summed E-state index contributed by atoms with van der Waals surface area (Å²) in [7, 11) is 0. The summed E-state index contributed by atoms with van der Waals surface area (Å²) in [5, 5.41) is 8.65. The molecule has 0 atom stereocenters. The summed E-state index contributed by atoms with van der Waals surface area (Å²) >= 11 is 0. The van der Waals surface area contributed by atoms with Gasteiger partial charge in [-0.2, -0.15) is 0 Å². The summed E-state index contributed by atoms with van der Waals surface area (Å²) in [6.07, 6.45) is 4.60. The summed E-state index contributed by atoms with van der Waals surface area (Å²) < 4.78 is 4.82. The Hall–Kier alpha value is -6.26. The molecule has 0 radical (unpaired) electrons. The average molecular weight is 639 g/mol. The summed E-state index contributed by atoms with van der Waals surface area (Å²) in [5.74, 6) is 0.696. The van der Waals surface area contributed by atoms with Crippen molar-refractivity contribution in [1.82, 2.24) is 19.1 Å². The van der Waals surface area contributed by atoms with Gasteiger partial charge < -0.3 is 4.57 Å². The van der Waals surface area contributed by atoms with E-state index in [1.165, 1.54) is 76.8 Å². The van der Waals surface area contributed by atoms with Crippen molar-refractivity contribution in [3.8, 4) is 22.9 Å². The van der Waals surface area contributed by atoms with E-state index in [-0.39, 0.29) is 0 Å². The minimum atomic E-state index is 0.696. The quantitative estimate of drug-likeness (QED) is 0.193. The number of benzene rings is 7. The third-order valence-electron chi connectivity index (χ3n) is 11.5. The van der Waals surface area contributed by atoms with Crippen molar-refractivity contribution in [2.24, 2.45) is 0 Å². The molecular weight excluding hydrogens is 609 g/mol. The van der Waals surface area contributed by atoms with Gasteiger partial charge in [0, 0.05) is 43.6 Å². The first kappa shape index (κ1) is 26.7. The van der Waals surface area contributed by atoms with E-state index in [4.69, 9.17) is 9.97 Å². The second-order valence-electron chi connectivity index (χ2n) is 14.1. The fraction of sp³-hybridized carbons (Fsp3) is 0.0870. The molecule has 12 rings (SSSR count). The molecule has 50 heavy (non-hydrogen) atoms. The SMILES string of the molecule is c1ccc(-c2nc(-n3c4cc5c(cc4c4ccc6cc7c(cc6c43)CC7)c3cc4c(cc3n5-c3ccccc3)CC4)nc3ccccc23)cc1. The largest absolute Gasteiger partial charge is 0.309 e. The number of hydrogen-bond donors (Lipinski definition) is 0. The van der Waals surface area contributed by atoms with Crippen LogP contribution in [0.4, 0.5) is 0 Å². The third kappa shape index (κ3) is 3.55. The number of nitrogens with zero attached hydrogens (tertiary/aromatic N) is 4. The molecular formula is C46H30N4. The van der Waals surface area contributed by atoms with Crippen molar-refractivity contribution < 1.29 is 0 Å². The fourth-order valence-electron chi connectivity index (χ4n) is 8.77. The highest BCUT2D eigenvalue weighted by molar-refractivity contribution is 6.23. The maximum absolute atomic E-state index is 5.45. The number of hydrogen-bond acceptors (Lipinski definition) is 2. The van der Waals surface area contributed by atoms with Crippen molar-refractivity contribution in [3.05, 3.63) is 156 Å². The lowest BCUT2D eigenvalue weighted by atomic mass is 9.86. The van der Waals surface area contributed by atoms with Crippen molar-refractivity contribution in [1.29, 1.82) is 0 Å². The molecule has 2 aliphatic carbocycles. The molecule has 2 aliphatic rings. The van der Waals surface area contributed by atoms with E-state index in [0.717, 1.165) is 53.4 Å². The Balaban J connectivity index is 1.28. The maximum atomic E-state index is 5.45. The molecule has 10 aromatic rings. The highest BCUT2D eigenvalue weighted by Crippen LogP contribution is 2.44. The molecule has 0 aliphatic heterocycles. The second-order valence-corrected chi connectivity index (χ2v) is 14.1. The standard InChI is InChI=1S/C46H30N4/c1-3-9-27(10-4-1)44-35-13-7-8-14-40(35)47-46(48-44)50-43-26-42-39(25-38(43)34-20-19-32-21-28-15-16-29(28)22-36(32)45(34)50)37-23-30-17-18-31(30)24-41(37)49(42)33-11-5-2-6-12-33/h1-14,19-26H,15-18H2. The van der Waals surface area contributed by atoms with Crippen LogP contribution in [0, 0.1) is 0 Å². The zero-order valence-corrected chi connectivity index (χ0v) is 27.3. The van der Waals surface area contributed by atoms with Crippen LogP contribution in [-0.2, 0) is 25.7 Å². The lowest BCUT2D eigenvalue weighted by Crippen LogP contribution is -2.08. The zero-order valence-electron chi connectivity index (χ0n) is 27.3. The van der Waals surface area contributed by atoms with E-state index < -0.39 is 0 Å². The van der Waals surface area contributed by atoms with E-state index in [2.05, 4.69) is 143 Å². The Morgan fingerprint density at radius 3 is 1.84 bits per heavy atom. The normalized spacial score (nSPS) is 13.7. The molecule has 0 saturated heterocycles. The minimum Gasteiger partial charge on any atom is -0.309 e. The van der Waals surface area contributed by atoms with Gasteiger partial charge in [0.05, 0.1) is 33.3 Å². The third-order valence-corrected chi connectivity index (χ3v) is 11.5. The summed E-state index contributed by atoms with van der Waals surface area (Å²) in [4.78, 5) is 10.8.